The van der Waals surface area contributed by atoms with Crippen molar-refractivity contribution in [2.75, 3.05) is 6.54 Å². The van der Waals surface area contributed by atoms with E-state index in [1.54, 1.807) is 12.1 Å². The van der Waals surface area contributed by atoms with Crippen molar-refractivity contribution in [2.24, 2.45) is 5.41 Å². The summed E-state index contributed by atoms with van der Waals surface area (Å²) in [6.07, 6.45) is 3.21. The molecule has 0 aliphatic heterocycles. The first-order valence-electron chi connectivity index (χ1n) is 6.49. The Bertz CT molecular complexity index is 478. The predicted molar refractivity (Wildman–Crippen MR) is 74.1 cm³/mol. The van der Waals surface area contributed by atoms with Crippen molar-refractivity contribution in [1.29, 1.82) is 0 Å². The Balaban J connectivity index is 1.99. The molecule has 1 aromatic carbocycles. The Hall–Kier alpha value is -1.20. The van der Waals surface area contributed by atoms with Crippen LogP contribution in [-0.4, -0.2) is 21.8 Å². The van der Waals surface area contributed by atoms with E-state index < -0.39 is 22.4 Å². The lowest BCUT2D eigenvalue weighted by Gasteiger charge is -2.23. The van der Waals surface area contributed by atoms with Crippen LogP contribution in [0.15, 0.2) is 29.2 Å². The fourth-order valence-electron chi connectivity index (χ4n) is 2.47. The van der Waals surface area contributed by atoms with E-state index in [4.69, 9.17) is 0 Å². The lowest BCUT2D eigenvalue weighted by Crippen LogP contribution is -2.39. The SMILES string of the molecule is Cc1ccc(S(=O)NCC2(C(=O)O)CCCC2)cc1. The lowest BCUT2D eigenvalue weighted by atomic mass is 9.87. The van der Waals surface area contributed by atoms with Crippen LogP contribution < -0.4 is 4.72 Å². The van der Waals surface area contributed by atoms with Crippen LogP contribution in [0.5, 0.6) is 0 Å². The van der Waals surface area contributed by atoms with Gasteiger partial charge in [-0.25, -0.2) is 8.93 Å². The molecule has 1 atom stereocenters. The van der Waals surface area contributed by atoms with E-state index in [0.717, 1.165) is 18.4 Å². The number of benzene rings is 1. The third-order valence-corrected chi connectivity index (χ3v) is 4.90. The largest absolute Gasteiger partial charge is 0.481 e. The van der Waals surface area contributed by atoms with Crippen LogP contribution in [0.1, 0.15) is 31.2 Å². The van der Waals surface area contributed by atoms with Gasteiger partial charge in [-0.05, 0) is 31.9 Å². The maximum atomic E-state index is 12.1. The molecule has 1 fully saturated rings. The average molecular weight is 281 g/mol. The summed E-state index contributed by atoms with van der Waals surface area (Å²) in [6.45, 7) is 2.24. The van der Waals surface area contributed by atoms with Gasteiger partial charge < -0.3 is 5.11 Å². The average Bonchev–Trinajstić information content (AvgIpc) is 2.87. The van der Waals surface area contributed by atoms with Crippen LogP contribution >= 0.6 is 0 Å². The second-order valence-electron chi connectivity index (χ2n) is 5.20. The van der Waals surface area contributed by atoms with E-state index >= 15 is 0 Å². The monoisotopic (exact) mass is 281 g/mol. The normalized spacial score (nSPS) is 19.2. The summed E-state index contributed by atoms with van der Waals surface area (Å²) in [5, 5.41) is 9.34. The van der Waals surface area contributed by atoms with Crippen LogP contribution in [0.25, 0.3) is 0 Å². The van der Waals surface area contributed by atoms with Gasteiger partial charge in [0.25, 0.3) is 0 Å². The van der Waals surface area contributed by atoms with E-state index in [1.807, 2.05) is 19.1 Å². The van der Waals surface area contributed by atoms with Crippen LogP contribution in [0.3, 0.4) is 0 Å². The quantitative estimate of drug-likeness (QED) is 0.870. The van der Waals surface area contributed by atoms with Gasteiger partial charge in [0.15, 0.2) is 0 Å². The molecule has 0 spiro atoms. The summed E-state index contributed by atoms with van der Waals surface area (Å²) < 4.78 is 15.0. The number of carboxylic acids is 1. The molecule has 2 N–H and O–H groups in total. The highest BCUT2D eigenvalue weighted by Gasteiger charge is 2.41. The topological polar surface area (TPSA) is 66.4 Å². The number of nitrogens with one attached hydrogen (secondary N) is 1. The van der Waals surface area contributed by atoms with Crippen LogP contribution in [0, 0.1) is 12.3 Å². The molecule has 1 saturated carbocycles. The highest BCUT2D eigenvalue weighted by Crippen LogP contribution is 2.37. The van der Waals surface area contributed by atoms with Crippen LogP contribution in [0.4, 0.5) is 0 Å². The first-order chi connectivity index (χ1) is 9.03. The molecule has 1 aliphatic rings. The molecule has 0 bridgehead atoms. The Kier molecular flexibility index (Phi) is 4.37. The van der Waals surface area contributed by atoms with Crippen LogP contribution in [-0.2, 0) is 15.8 Å². The highest BCUT2D eigenvalue weighted by atomic mass is 32.2. The van der Waals surface area contributed by atoms with Crippen molar-refractivity contribution >= 4 is 17.0 Å². The molecule has 0 heterocycles. The molecule has 5 heteroatoms. The molecule has 0 aromatic heterocycles. The second kappa shape index (κ2) is 5.84. The van der Waals surface area contributed by atoms with Crippen molar-refractivity contribution in [3.63, 3.8) is 0 Å². The standard InChI is InChI=1S/C14H19NO3S/c1-11-4-6-12(7-5-11)19(18)15-10-14(13(16)17)8-2-3-9-14/h4-7,15H,2-3,8-10H2,1H3,(H,16,17). The maximum Gasteiger partial charge on any atom is 0.310 e. The molecule has 19 heavy (non-hydrogen) atoms. The van der Waals surface area contributed by atoms with Gasteiger partial charge in [0.2, 0.25) is 0 Å². The molecule has 0 radical (unpaired) electrons. The first kappa shape index (κ1) is 14.2. The third kappa shape index (κ3) is 3.22. The summed E-state index contributed by atoms with van der Waals surface area (Å²) in [7, 11) is -1.34. The number of aliphatic carboxylic acids is 1. The molecule has 1 unspecified atom stereocenters. The summed E-state index contributed by atoms with van der Waals surface area (Å²) in [5.41, 5.74) is 0.374. The molecule has 1 aromatic rings. The van der Waals surface area contributed by atoms with Gasteiger partial charge in [-0.3, -0.25) is 4.79 Å². The molecule has 0 amide bonds. The van der Waals surface area contributed by atoms with Gasteiger partial charge in [-0.1, -0.05) is 30.5 Å². The minimum absolute atomic E-state index is 0.267. The number of hydrogen-bond donors (Lipinski definition) is 2. The van der Waals surface area contributed by atoms with E-state index in [9.17, 15) is 14.1 Å². The molecule has 4 nitrogen and oxygen atoms in total. The van der Waals surface area contributed by atoms with Crippen molar-refractivity contribution < 1.29 is 14.1 Å². The van der Waals surface area contributed by atoms with Crippen molar-refractivity contribution in [3.05, 3.63) is 29.8 Å². The summed E-state index contributed by atoms with van der Waals surface area (Å²) in [5.74, 6) is -0.779. The Morgan fingerprint density at radius 2 is 1.89 bits per heavy atom. The fourth-order valence-corrected chi connectivity index (χ4v) is 3.42. The van der Waals surface area contributed by atoms with Gasteiger partial charge in [0, 0.05) is 6.54 Å². The number of hydrogen-bond acceptors (Lipinski definition) is 2. The second-order valence-corrected chi connectivity index (χ2v) is 6.49. The molecule has 104 valence electrons. The molecular formula is C14H19NO3S. The zero-order valence-electron chi connectivity index (χ0n) is 11.0. The predicted octanol–water partition coefficient (Wildman–Crippen LogP) is 2.25. The Morgan fingerprint density at radius 3 is 2.42 bits per heavy atom. The maximum absolute atomic E-state index is 12.1. The van der Waals surface area contributed by atoms with Gasteiger partial charge in [0.1, 0.15) is 11.0 Å². The lowest BCUT2D eigenvalue weighted by molar-refractivity contribution is -0.148. The van der Waals surface area contributed by atoms with E-state index in [0.29, 0.717) is 17.7 Å². The summed E-state index contributed by atoms with van der Waals surface area (Å²) in [6, 6.07) is 7.41. The molecule has 2 rings (SSSR count). The number of carbonyl (C=O) groups is 1. The Labute approximate surface area is 115 Å². The Morgan fingerprint density at radius 1 is 1.32 bits per heavy atom. The number of rotatable bonds is 5. The zero-order valence-corrected chi connectivity index (χ0v) is 11.8. The smallest absolute Gasteiger partial charge is 0.310 e. The third-order valence-electron chi connectivity index (χ3n) is 3.79. The van der Waals surface area contributed by atoms with Gasteiger partial charge >= 0.3 is 5.97 Å². The minimum atomic E-state index is -1.34. The molecule has 1 aliphatic carbocycles. The van der Waals surface area contributed by atoms with Gasteiger partial charge in [0.05, 0.1) is 10.3 Å². The first-order valence-corrected chi connectivity index (χ1v) is 7.64. The van der Waals surface area contributed by atoms with Crippen molar-refractivity contribution in [3.8, 4) is 0 Å². The minimum Gasteiger partial charge on any atom is -0.481 e. The number of aryl methyl sites for hydroxylation is 1. The van der Waals surface area contributed by atoms with Crippen molar-refractivity contribution in [1.82, 2.24) is 4.72 Å². The van der Waals surface area contributed by atoms with E-state index in [2.05, 4.69) is 4.72 Å². The summed E-state index contributed by atoms with van der Waals surface area (Å²) in [4.78, 5) is 12.1. The van der Waals surface area contributed by atoms with Gasteiger partial charge in [-0.2, -0.15) is 0 Å². The molecule has 0 saturated heterocycles. The highest BCUT2D eigenvalue weighted by molar-refractivity contribution is 7.83. The summed E-state index contributed by atoms with van der Waals surface area (Å²) >= 11 is 0. The number of carboxylic acid groups (broad SMARTS) is 1. The van der Waals surface area contributed by atoms with Gasteiger partial charge in [-0.15, -0.1) is 0 Å². The van der Waals surface area contributed by atoms with E-state index in [-0.39, 0.29) is 6.54 Å². The van der Waals surface area contributed by atoms with Crippen LogP contribution in [0.2, 0.25) is 0 Å². The molecular weight excluding hydrogens is 262 g/mol. The van der Waals surface area contributed by atoms with E-state index in [1.165, 1.54) is 0 Å². The fraction of sp³-hybridized carbons (Fsp3) is 0.500. The zero-order chi connectivity index (χ0) is 13.9. The van der Waals surface area contributed by atoms with Crippen molar-refractivity contribution in [2.45, 2.75) is 37.5 Å².